The van der Waals surface area contributed by atoms with Crippen molar-refractivity contribution < 1.29 is 13.2 Å². The molecule has 1 amide bonds. The molecule has 0 radical (unpaired) electrons. The Morgan fingerprint density at radius 2 is 1.86 bits per heavy atom. The van der Waals surface area contributed by atoms with E-state index in [0.29, 0.717) is 24.1 Å². The van der Waals surface area contributed by atoms with Crippen LogP contribution in [0.5, 0.6) is 0 Å². The molecule has 0 N–H and O–H groups in total. The van der Waals surface area contributed by atoms with Crippen molar-refractivity contribution in [2.24, 2.45) is 0 Å². The van der Waals surface area contributed by atoms with Gasteiger partial charge in [-0.3, -0.25) is 4.79 Å². The van der Waals surface area contributed by atoms with Gasteiger partial charge in [-0.05, 0) is 52.9 Å². The Morgan fingerprint density at radius 3 is 2.48 bits per heavy atom. The van der Waals surface area contributed by atoms with Gasteiger partial charge < -0.3 is 4.90 Å². The van der Waals surface area contributed by atoms with Gasteiger partial charge >= 0.3 is 0 Å². The maximum Gasteiger partial charge on any atom is 0.244 e. The van der Waals surface area contributed by atoms with Crippen molar-refractivity contribution in [2.75, 3.05) is 24.5 Å². The summed E-state index contributed by atoms with van der Waals surface area (Å²) in [5, 5.41) is 0. The SMILES string of the molecule is CC(=O)N1CCc2cc(Br)c(S(=O)(=O)N3CCCC3)cc21. The van der Waals surface area contributed by atoms with Crippen LogP contribution in [0.2, 0.25) is 0 Å². The van der Waals surface area contributed by atoms with Crippen molar-refractivity contribution in [3.8, 4) is 0 Å². The molecule has 2 aliphatic heterocycles. The molecule has 1 saturated heterocycles. The van der Waals surface area contributed by atoms with Gasteiger partial charge in [0, 0.05) is 36.7 Å². The topological polar surface area (TPSA) is 57.7 Å². The van der Waals surface area contributed by atoms with E-state index in [2.05, 4.69) is 15.9 Å². The second-order valence-corrected chi connectivity index (χ2v) is 8.20. The second kappa shape index (κ2) is 5.37. The molecule has 0 saturated carbocycles. The number of carbonyl (C=O) groups excluding carboxylic acids is 1. The Kier molecular flexibility index (Phi) is 3.83. The Labute approximate surface area is 133 Å². The predicted octanol–water partition coefficient (Wildman–Crippen LogP) is 2.14. The van der Waals surface area contributed by atoms with Crippen LogP contribution < -0.4 is 4.90 Å². The van der Waals surface area contributed by atoms with Gasteiger partial charge in [-0.25, -0.2) is 8.42 Å². The van der Waals surface area contributed by atoms with E-state index in [9.17, 15) is 13.2 Å². The molecule has 2 heterocycles. The van der Waals surface area contributed by atoms with Gasteiger partial charge in [-0.15, -0.1) is 0 Å². The summed E-state index contributed by atoms with van der Waals surface area (Å²) in [5.41, 5.74) is 1.74. The third-order valence-electron chi connectivity index (χ3n) is 4.09. The fourth-order valence-corrected chi connectivity index (χ4v) is 5.57. The van der Waals surface area contributed by atoms with Crippen molar-refractivity contribution in [2.45, 2.75) is 31.1 Å². The van der Waals surface area contributed by atoms with Crippen molar-refractivity contribution in [3.63, 3.8) is 0 Å². The summed E-state index contributed by atoms with van der Waals surface area (Å²) < 4.78 is 27.6. The molecule has 0 aromatic heterocycles. The first-order valence-electron chi connectivity index (χ1n) is 7.02. The maximum absolute atomic E-state index is 12.7. The molecule has 1 aromatic rings. The van der Waals surface area contributed by atoms with E-state index in [1.807, 2.05) is 6.07 Å². The van der Waals surface area contributed by atoms with Crippen LogP contribution in [-0.2, 0) is 21.2 Å². The lowest BCUT2D eigenvalue weighted by Gasteiger charge is -2.20. The van der Waals surface area contributed by atoms with Crippen molar-refractivity contribution in [1.82, 2.24) is 4.31 Å². The fraction of sp³-hybridized carbons (Fsp3) is 0.500. The van der Waals surface area contributed by atoms with Crippen LogP contribution in [-0.4, -0.2) is 38.3 Å². The number of halogens is 1. The molecule has 0 bridgehead atoms. The lowest BCUT2D eigenvalue weighted by atomic mass is 10.2. The van der Waals surface area contributed by atoms with Crippen LogP contribution in [0.15, 0.2) is 21.5 Å². The minimum atomic E-state index is -3.49. The zero-order chi connectivity index (χ0) is 15.2. The van der Waals surface area contributed by atoms with E-state index in [1.165, 1.54) is 11.2 Å². The van der Waals surface area contributed by atoms with Gasteiger partial charge in [-0.2, -0.15) is 4.31 Å². The number of rotatable bonds is 2. The van der Waals surface area contributed by atoms with Crippen molar-refractivity contribution >= 4 is 37.5 Å². The number of fused-ring (bicyclic) bond motifs is 1. The standard InChI is InChI=1S/C14H17BrN2O3S/c1-10(18)17-7-4-11-8-12(15)14(9-13(11)17)21(19,20)16-5-2-3-6-16/h8-9H,2-7H2,1H3. The average molecular weight is 373 g/mol. The van der Waals surface area contributed by atoms with Gasteiger partial charge in [0.2, 0.25) is 15.9 Å². The van der Waals surface area contributed by atoms with E-state index >= 15 is 0 Å². The van der Waals surface area contributed by atoms with Crippen molar-refractivity contribution in [1.29, 1.82) is 0 Å². The molecule has 0 aliphatic carbocycles. The van der Waals surface area contributed by atoms with Crippen LogP contribution in [0.3, 0.4) is 0 Å². The summed E-state index contributed by atoms with van der Waals surface area (Å²) >= 11 is 3.38. The van der Waals surface area contributed by atoms with Gasteiger partial charge in [0.05, 0.1) is 4.90 Å². The van der Waals surface area contributed by atoms with E-state index < -0.39 is 10.0 Å². The molecule has 1 aromatic carbocycles. The highest BCUT2D eigenvalue weighted by Crippen LogP contribution is 2.37. The molecule has 0 unspecified atom stereocenters. The zero-order valence-electron chi connectivity index (χ0n) is 11.8. The molecule has 3 rings (SSSR count). The highest BCUT2D eigenvalue weighted by atomic mass is 79.9. The molecule has 0 spiro atoms. The second-order valence-electron chi connectivity index (χ2n) is 5.44. The van der Waals surface area contributed by atoms with Crippen LogP contribution in [0, 0.1) is 0 Å². The lowest BCUT2D eigenvalue weighted by Crippen LogP contribution is -2.29. The highest BCUT2D eigenvalue weighted by Gasteiger charge is 2.32. The van der Waals surface area contributed by atoms with Gasteiger partial charge in [0.25, 0.3) is 0 Å². The Bertz CT molecular complexity index is 696. The number of nitrogens with zero attached hydrogens (tertiary/aromatic N) is 2. The normalized spacial score (nSPS) is 19.0. The third-order valence-corrected chi connectivity index (χ3v) is 6.95. The number of sulfonamides is 1. The van der Waals surface area contributed by atoms with Crippen LogP contribution in [0.1, 0.15) is 25.3 Å². The number of hydrogen-bond donors (Lipinski definition) is 0. The highest BCUT2D eigenvalue weighted by molar-refractivity contribution is 9.10. The van der Waals surface area contributed by atoms with Gasteiger partial charge in [0.15, 0.2) is 0 Å². The van der Waals surface area contributed by atoms with Crippen molar-refractivity contribution in [3.05, 3.63) is 22.2 Å². The summed E-state index contributed by atoms with van der Waals surface area (Å²) in [7, 11) is -3.49. The monoisotopic (exact) mass is 372 g/mol. The number of hydrogen-bond acceptors (Lipinski definition) is 3. The molecule has 1 fully saturated rings. The number of benzene rings is 1. The Morgan fingerprint density at radius 1 is 1.19 bits per heavy atom. The smallest absolute Gasteiger partial charge is 0.244 e. The lowest BCUT2D eigenvalue weighted by molar-refractivity contribution is -0.116. The minimum absolute atomic E-state index is 0.0550. The minimum Gasteiger partial charge on any atom is -0.312 e. The summed E-state index contributed by atoms with van der Waals surface area (Å²) in [6.07, 6.45) is 2.57. The first kappa shape index (κ1) is 15.0. The van der Waals surface area contributed by atoms with E-state index in [0.717, 1.165) is 30.5 Å². The largest absolute Gasteiger partial charge is 0.312 e. The summed E-state index contributed by atoms with van der Waals surface area (Å²) in [6.45, 7) is 3.26. The van der Waals surface area contributed by atoms with E-state index in [4.69, 9.17) is 0 Å². The number of carbonyl (C=O) groups is 1. The number of amides is 1. The molecular formula is C14H17BrN2O3S. The quantitative estimate of drug-likeness (QED) is 0.798. The van der Waals surface area contributed by atoms with Crippen LogP contribution >= 0.6 is 15.9 Å². The van der Waals surface area contributed by atoms with Gasteiger partial charge in [0.1, 0.15) is 0 Å². The Balaban J connectivity index is 2.08. The Hall–Kier alpha value is -0.920. The molecule has 2 aliphatic rings. The first-order valence-corrected chi connectivity index (χ1v) is 9.25. The molecule has 21 heavy (non-hydrogen) atoms. The van der Waals surface area contributed by atoms with Gasteiger partial charge in [-0.1, -0.05) is 0 Å². The summed E-state index contributed by atoms with van der Waals surface area (Å²) in [5.74, 6) is -0.0550. The molecule has 0 atom stereocenters. The van der Waals surface area contributed by atoms with E-state index in [1.54, 1.807) is 11.0 Å². The molecule has 114 valence electrons. The molecule has 7 heteroatoms. The fourth-order valence-electron chi connectivity index (χ4n) is 2.98. The molecule has 5 nitrogen and oxygen atoms in total. The first-order chi connectivity index (χ1) is 9.91. The third kappa shape index (κ3) is 2.51. The summed E-state index contributed by atoms with van der Waals surface area (Å²) in [4.78, 5) is 13.6. The summed E-state index contributed by atoms with van der Waals surface area (Å²) in [6, 6.07) is 3.47. The van der Waals surface area contributed by atoms with Crippen LogP contribution in [0.4, 0.5) is 5.69 Å². The molecular weight excluding hydrogens is 356 g/mol. The number of anilines is 1. The average Bonchev–Trinajstić information content (AvgIpc) is 3.06. The van der Waals surface area contributed by atoms with Crippen LogP contribution in [0.25, 0.3) is 0 Å². The predicted molar refractivity (Wildman–Crippen MR) is 83.9 cm³/mol. The maximum atomic E-state index is 12.7. The zero-order valence-corrected chi connectivity index (χ0v) is 14.2. The van der Waals surface area contributed by atoms with E-state index in [-0.39, 0.29) is 10.8 Å².